The van der Waals surface area contributed by atoms with Gasteiger partial charge in [0, 0.05) is 39.8 Å². The number of nitrogens with one attached hydrogen (secondary N) is 1. The molecule has 2 aromatic rings. The van der Waals surface area contributed by atoms with Crippen molar-refractivity contribution in [3.63, 3.8) is 0 Å². The van der Waals surface area contributed by atoms with Crippen LogP contribution in [0.3, 0.4) is 0 Å². The first kappa shape index (κ1) is 23.1. The number of anilines is 1. The van der Waals surface area contributed by atoms with Crippen molar-refractivity contribution in [2.45, 2.75) is 56.6 Å². The van der Waals surface area contributed by atoms with Crippen molar-refractivity contribution < 1.29 is 19.4 Å². The van der Waals surface area contributed by atoms with Gasteiger partial charge in [-0.1, -0.05) is 0 Å². The monoisotopic (exact) mass is 469 g/mol. The molecule has 2 amide bonds. The quantitative estimate of drug-likeness (QED) is 0.603. The molecule has 0 unspecified atom stereocenters. The minimum Gasteiger partial charge on any atom is -0.393 e. The molecule has 0 radical (unpaired) electrons. The van der Waals surface area contributed by atoms with Crippen molar-refractivity contribution in [2.24, 2.45) is 7.05 Å². The van der Waals surface area contributed by atoms with E-state index in [1.54, 1.807) is 12.0 Å². The molecule has 5 rings (SSSR count). The Kier molecular flexibility index (Phi) is 6.48. The van der Waals surface area contributed by atoms with Crippen molar-refractivity contribution in [1.82, 2.24) is 19.4 Å². The summed E-state index contributed by atoms with van der Waals surface area (Å²) in [4.78, 5) is 34.7. The Bertz CT molecular complexity index is 1070. The first-order valence-electron chi connectivity index (χ1n) is 12.5. The Balaban J connectivity index is 1.35. The van der Waals surface area contributed by atoms with Crippen LogP contribution in [-0.4, -0.2) is 88.3 Å². The standard InChI is InChI=1S/C25H35N5O4/c1-28-21-14-17(16-3-4-16)13-20(26-9-12-34-2)23(21)27-24(28)25(33)29-10-11-30(22(32)15-29)18-5-7-19(31)8-6-18/h13-14,16,18-19,26,31H,3-12,15H2,1-2H3/t18-,19-. The summed E-state index contributed by atoms with van der Waals surface area (Å²) in [5.74, 6) is 0.715. The lowest BCUT2D eigenvalue weighted by Crippen LogP contribution is -2.56. The van der Waals surface area contributed by atoms with E-state index in [2.05, 4.69) is 17.4 Å². The number of benzene rings is 1. The fourth-order valence-electron chi connectivity index (χ4n) is 5.33. The van der Waals surface area contributed by atoms with E-state index in [0.29, 0.717) is 38.0 Å². The number of aryl methyl sites for hydroxylation is 1. The number of aliphatic hydroxyl groups excluding tert-OH is 1. The maximum atomic E-state index is 13.5. The molecule has 184 valence electrons. The van der Waals surface area contributed by atoms with E-state index >= 15 is 0 Å². The summed E-state index contributed by atoms with van der Waals surface area (Å²) in [5, 5.41) is 13.2. The molecule has 0 atom stereocenters. The predicted octanol–water partition coefficient (Wildman–Crippen LogP) is 2.10. The van der Waals surface area contributed by atoms with Gasteiger partial charge in [-0.2, -0.15) is 0 Å². The fraction of sp³-hybridized carbons (Fsp3) is 0.640. The number of hydrogen-bond donors (Lipinski definition) is 2. The molecule has 2 heterocycles. The van der Waals surface area contributed by atoms with Gasteiger partial charge in [0.25, 0.3) is 5.91 Å². The zero-order chi connectivity index (χ0) is 23.8. The Hall–Kier alpha value is -2.65. The largest absolute Gasteiger partial charge is 0.393 e. The highest BCUT2D eigenvalue weighted by Gasteiger charge is 2.35. The topological polar surface area (TPSA) is 99.9 Å². The van der Waals surface area contributed by atoms with E-state index in [-0.39, 0.29) is 30.5 Å². The lowest BCUT2D eigenvalue weighted by Gasteiger charge is -2.41. The molecule has 9 heteroatoms. The Morgan fingerprint density at radius 3 is 2.62 bits per heavy atom. The smallest absolute Gasteiger partial charge is 0.290 e. The third-order valence-corrected chi connectivity index (χ3v) is 7.52. The van der Waals surface area contributed by atoms with E-state index in [4.69, 9.17) is 9.72 Å². The molecule has 2 saturated carbocycles. The molecule has 0 bridgehead atoms. The maximum absolute atomic E-state index is 13.5. The Morgan fingerprint density at radius 1 is 1.18 bits per heavy atom. The summed E-state index contributed by atoms with van der Waals surface area (Å²) in [6, 6.07) is 4.48. The molecular weight excluding hydrogens is 434 g/mol. The van der Waals surface area contributed by atoms with Gasteiger partial charge in [-0.15, -0.1) is 0 Å². The summed E-state index contributed by atoms with van der Waals surface area (Å²) in [6.07, 6.45) is 5.27. The number of fused-ring (bicyclic) bond motifs is 1. The van der Waals surface area contributed by atoms with Gasteiger partial charge >= 0.3 is 0 Å². The third-order valence-electron chi connectivity index (χ3n) is 7.52. The lowest BCUT2D eigenvalue weighted by atomic mass is 9.91. The number of methoxy groups -OCH3 is 1. The summed E-state index contributed by atoms with van der Waals surface area (Å²) < 4.78 is 7.05. The number of aliphatic hydroxyl groups is 1. The molecule has 34 heavy (non-hydrogen) atoms. The second kappa shape index (κ2) is 9.54. The van der Waals surface area contributed by atoms with Crippen molar-refractivity contribution in [1.29, 1.82) is 0 Å². The van der Waals surface area contributed by atoms with Crippen molar-refractivity contribution in [3.05, 3.63) is 23.5 Å². The Labute approximate surface area is 200 Å². The van der Waals surface area contributed by atoms with Crippen molar-refractivity contribution in [2.75, 3.05) is 45.2 Å². The fourth-order valence-corrected chi connectivity index (χ4v) is 5.33. The number of aromatic nitrogens is 2. The first-order valence-corrected chi connectivity index (χ1v) is 12.5. The molecule has 0 spiro atoms. The van der Waals surface area contributed by atoms with E-state index in [1.165, 1.54) is 18.4 Å². The number of carbonyl (C=O) groups is 2. The van der Waals surface area contributed by atoms with E-state index in [0.717, 1.165) is 42.4 Å². The predicted molar refractivity (Wildman–Crippen MR) is 129 cm³/mol. The summed E-state index contributed by atoms with van der Waals surface area (Å²) in [6.45, 7) is 2.35. The number of ether oxygens (including phenoxy) is 1. The van der Waals surface area contributed by atoms with Crippen LogP contribution in [0.15, 0.2) is 12.1 Å². The van der Waals surface area contributed by atoms with Gasteiger partial charge < -0.3 is 29.5 Å². The molecule has 2 aliphatic carbocycles. The van der Waals surface area contributed by atoms with Gasteiger partial charge in [0.2, 0.25) is 5.91 Å². The number of rotatable bonds is 7. The number of piperazine rings is 1. The van der Waals surface area contributed by atoms with Crippen LogP contribution in [0.4, 0.5) is 5.69 Å². The number of imidazole rings is 1. The average Bonchev–Trinajstić information content (AvgIpc) is 3.63. The van der Waals surface area contributed by atoms with Crippen LogP contribution >= 0.6 is 0 Å². The van der Waals surface area contributed by atoms with Crippen LogP contribution < -0.4 is 5.32 Å². The molecule has 1 aromatic carbocycles. The van der Waals surface area contributed by atoms with Crippen LogP contribution in [0.1, 0.15) is 60.6 Å². The van der Waals surface area contributed by atoms with Gasteiger partial charge in [-0.3, -0.25) is 9.59 Å². The lowest BCUT2D eigenvalue weighted by molar-refractivity contribution is -0.138. The van der Waals surface area contributed by atoms with Crippen molar-refractivity contribution in [3.8, 4) is 0 Å². The highest BCUT2D eigenvalue weighted by Crippen LogP contribution is 2.42. The zero-order valence-electron chi connectivity index (χ0n) is 20.1. The van der Waals surface area contributed by atoms with Crippen LogP contribution in [0.5, 0.6) is 0 Å². The van der Waals surface area contributed by atoms with E-state index in [9.17, 15) is 14.7 Å². The second-order valence-corrected chi connectivity index (χ2v) is 9.90. The Morgan fingerprint density at radius 2 is 1.94 bits per heavy atom. The molecule has 2 N–H and O–H groups in total. The second-order valence-electron chi connectivity index (χ2n) is 9.90. The SMILES string of the molecule is COCCNc1cc(C2CC2)cc2c1nc(C(=O)N1CCN([C@H]3CC[C@H](O)CC3)C(=O)C1)n2C. The van der Waals surface area contributed by atoms with Gasteiger partial charge in [-0.05, 0) is 62.1 Å². The van der Waals surface area contributed by atoms with Crippen LogP contribution in [0.25, 0.3) is 11.0 Å². The number of carbonyl (C=O) groups excluding carboxylic acids is 2. The normalized spacial score (nSPS) is 23.6. The highest BCUT2D eigenvalue weighted by atomic mass is 16.5. The molecule has 3 aliphatic rings. The molecule has 9 nitrogen and oxygen atoms in total. The van der Waals surface area contributed by atoms with Crippen LogP contribution in [0.2, 0.25) is 0 Å². The van der Waals surface area contributed by atoms with Crippen molar-refractivity contribution >= 4 is 28.5 Å². The molecular formula is C25H35N5O4. The molecule has 3 fully saturated rings. The highest BCUT2D eigenvalue weighted by molar-refractivity contribution is 6.00. The van der Waals surface area contributed by atoms with Gasteiger partial charge in [0.15, 0.2) is 5.82 Å². The number of hydrogen-bond acceptors (Lipinski definition) is 6. The van der Waals surface area contributed by atoms with E-state index < -0.39 is 0 Å². The van der Waals surface area contributed by atoms with Gasteiger partial charge in [0.05, 0.1) is 23.9 Å². The average molecular weight is 470 g/mol. The first-order chi connectivity index (χ1) is 16.5. The number of nitrogens with zero attached hydrogens (tertiary/aromatic N) is 4. The van der Waals surface area contributed by atoms with Gasteiger partial charge in [0.1, 0.15) is 12.1 Å². The zero-order valence-corrected chi connectivity index (χ0v) is 20.1. The summed E-state index contributed by atoms with van der Waals surface area (Å²) in [5.41, 5.74) is 3.90. The maximum Gasteiger partial charge on any atom is 0.290 e. The molecule has 1 saturated heterocycles. The van der Waals surface area contributed by atoms with Crippen LogP contribution in [-0.2, 0) is 16.6 Å². The third kappa shape index (κ3) is 4.51. The number of amides is 2. The van der Waals surface area contributed by atoms with Gasteiger partial charge in [-0.25, -0.2) is 4.98 Å². The van der Waals surface area contributed by atoms with Crippen LogP contribution in [0, 0.1) is 0 Å². The van der Waals surface area contributed by atoms with E-state index in [1.807, 2.05) is 16.5 Å². The minimum atomic E-state index is -0.249. The summed E-state index contributed by atoms with van der Waals surface area (Å²) >= 11 is 0. The summed E-state index contributed by atoms with van der Waals surface area (Å²) in [7, 11) is 3.55. The molecule has 1 aliphatic heterocycles. The molecule has 1 aromatic heterocycles. The minimum absolute atomic E-state index is 0.0160.